The van der Waals surface area contributed by atoms with Crippen molar-refractivity contribution in [1.82, 2.24) is 4.57 Å². The zero-order chi connectivity index (χ0) is 22.4. The molecule has 164 valence electrons. The minimum absolute atomic E-state index is 0.146. The number of anilines is 1. The van der Waals surface area contributed by atoms with E-state index in [1.807, 2.05) is 24.1 Å². The molecule has 3 aromatic carbocycles. The van der Waals surface area contributed by atoms with Gasteiger partial charge in [-0.3, -0.25) is 4.18 Å². The Balaban J connectivity index is 1.91. The number of aliphatic hydroxyl groups is 1. The van der Waals surface area contributed by atoms with Crippen molar-refractivity contribution in [2.45, 2.75) is 25.9 Å². The summed E-state index contributed by atoms with van der Waals surface area (Å²) >= 11 is 0. The number of para-hydroxylation sites is 1. The Labute approximate surface area is 182 Å². The van der Waals surface area contributed by atoms with E-state index in [1.54, 1.807) is 6.92 Å². The van der Waals surface area contributed by atoms with Gasteiger partial charge in [0.2, 0.25) is 0 Å². The number of aromatic nitrogens is 1. The van der Waals surface area contributed by atoms with E-state index in [1.165, 1.54) is 16.3 Å². The number of nitrogens with zero attached hydrogens (tertiary/aromatic N) is 2. The Kier molecular flexibility index (Phi) is 5.45. The smallest absolute Gasteiger partial charge is 0.264 e. The summed E-state index contributed by atoms with van der Waals surface area (Å²) < 4.78 is 30.4. The van der Waals surface area contributed by atoms with Crippen molar-refractivity contribution in [1.29, 1.82) is 0 Å². The van der Waals surface area contributed by atoms with Gasteiger partial charge >= 0.3 is 0 Å². The molecule has 7 heteroatoms. The molecular weight excluding hydrogens is 412 g/mol. The minimum Gasteiger partial charge on any atom is -0.394 e. The van der Waals surface area contributed by atoms with Gasteiger partial charge in [-0.05, 0) is 43.5 Å². The van der Waals surface area contributed by atoms with Crippen molar-refractivity contribution in [2.24, 2.45) is 0 Å². The van der Waals surface area contributed by atoms with E-state index in [-0.39, 0.29) is 13.2 Å². The highest BCUT2D eigenvalue weighted by Crippen LogP contribution is 2.37. The van der Waals surface area contributed by atoms with Gasteiger partial charge in [-0.1, -0.05) is 30.3 Å². The molecule has 1 aromatic heterocycles. The van der Waals surface area contributed by atoms with Crippen LogP contribution in [0.15, 0.2) is 54.6 Å². The Bertz CT molecular complexity index is 1380. The maximum Gasteiger partial charge on any atom is 0.264 e. The van der Waals surface area contributed by atoms with Crippen LogP contribution in [-0.2, 0) is 20.8 Å². The fraction of sp³-hybridized carbons (Fsp3) is 0.333. The quantitative estimate of drug-likeness (QED) is 0.438. The molecule has 1 heterocycles. The van der Waals surface area contributed by atoms with Crippen molar-refractivity contribution in [2.75, 3.05) is 31.4 Å². The third kappa shape index (κ3) is 3.78. The van der Waals surface area contributed by atoms with E-state index in [4.69, 9.17) is 4.18 Å². The van der Waals surface area contributed by atoms with Gasteiger partial charge in [0.05, 0.1) is 25.0 Å². The molecule has 0 aliphatic rings. The van der Waals surface area contributed by atoms with Gasteiger partial charge in [-0.25, -0.2) is 0 Å². The number of aryl methyl sites for hydroxylation is 1. The average molecular weight is 441 g/mol. The summed E-state index contributed by atoms with van der Waals surface area (Å²) in [4.78, 5) is 1.91. The fourth-order valence-corrected chi connectivity index (χ4v) is 4.68. The van der Waals surface area contributed by atoms with E-state index >= 15 is 0 Å². The Morgan fingerprint density at radius 2 is 1.77 bits per heavy atom. The number of likely N-dealkylation sites (N-methyl/N-ethyl adjacent to an activating group) is 1. The van der Waals surface area contributed by atoms with Crippen molar-refractivity contribution < 1.29 is 17.7 Å². The average Bonchev–Trinajstić information content (AvgIpc) is 3.07. The second-order valence-electron chi connectivity index (χ2n) is 8.31. The lowest BCUT2D eigenvalue weighted by molar-refractivity contribution is 0.146. The summed E-state index contributed by atoms with van der Waals surface area (Å²) in [5.41, 5.74) is 2.34. The standard InChI is InChI=1S/C24H28N2O4S/c1-5-26-22-11-7-6-10-18(22)20-13-17-9-8-12-21(19(17)14-23(20)26)25(3)24(2,15-27)16-30-31(4,28)29/h6-14,27H,5,15-16H2,1-4H3. The largest absolute Gasteiger partial charge is 0.394 e. The van der Waals surface area contributed by atoms with Crippen LogP contribution in [0.25, 0.3) is 32.6 Å². The van der Waals surface area contributed by atoms with Crippen molar-refractivity contribution in [3.8, 4) is 0 Å². The number of hydrogen-bond donors (Lipinski definition) is 1. The third-order valence-electron chi connectivity index (χ3n) is 6.16. The topological polar surface area (TPSA) is 71.8 Å². The highest BCUT2D eigenvalue weighted by Gasteiger charge is 2.32. The lowest BCUT2D eigenvalue weighted by atomic mass is 9.99. The van der Waals surface area contributed by atoms with Crippen LogP contribution in [0.2, 0.25) is 0 Å². The maximum atomic E-state index is 11.5. The molecule has 4 aromatic rings. The van der Waals surface area contributed by atoms with E-state index in [9.17, 15) is 13.5 Å². The number of aliphatic hydroxyl groups excluding tert-OH is 1. The second kappa shape index (κ2) is 7.82. The number of rotatable bonds is 7. The van der Waals surface area contributed by atoms with Crippen LogP contribution < -0.4 is 4.90 Å². The highest BCUT2D eigenvalue weighted by molar-refractivity contribution is 7.85. The van der Waals surface area contributed by atoms with Gasteiger partial charge in [-0.2, -0.15) is 8.42 Å². The molecule has 0 spiro atoms. The molecule has 1 atom stereocenters. The third-order valence-corrected chi connectivity index (χ3v) is 6.71. The van der Waals surface area contributed by atoms with E-state index in [2.05, 4.69) is 54.0 Å². The SMILES string of the molecule is CCn1c2ccccc2c2cc3cccc(N(C)C(C)(CO)COS(C)(=O)=O)c3cc21. The predicted octanol–water partition coefficient (Wildman–Crippen LogP) is 4.13. The molecule has 0 saturated heterocycles. The lowest BCUT2D eigenvalue weighted by Crippen LogP contribution is -2.51. The van der Waals surface area contributed by atoms with Crippen LogP contribution in [-0.4, -0.2) is 50.1 Å². The first-order valence-electron chi connectivity index (χ1n) is 10.3. The zero-order valence-electron chi connectivity index (χ0n) is 18.3. The molecule has 1 unspecified atom stereocenters. The van der Waals surface area contributed by atoms with Gasteiger partial charge in [0.1, 0.15) is 0 Å². The summed E-state index contributed by atoms with van der Waals surface area (Å²) in [5, 5.41) is 14.7. The van der Waals surface area contributed by atoms with Crippen LogP contribution in [0.4, 0.5) is 5.69 Å². The summed E-state index contributed by atoms with van der Waals surface area (Å²) in [5.74, 6) is 0. The molecule has 0 aliphatic carbocycles. The molecule has 0 aliphatic heterocycles. The number of hydrogen-bond acceptors (Lipinski definition) is 5. The first-order chi connectivity index (χ1) is 14.7. The predicted molar refractivity (Wildman–Crippen MR) is 127 cm³/mol. The van der Waals surface area contributed by atoms with Crippen LogP contribution >= 0.6 is 0 Å². The van der Waals surface area contributed by atoms with E-state index < -0.39 is 15.7 Å². The Morgan fingerprint density at radius 1 is 1.03 bits per heavy atom. The van der Waals surface area contributed by atoms with E-state index in [0.29, 0.717) is 0 Å². The van der Waals surface area contributed by atoms with Gasteiger partial charge in [-0.15, -0.1) is 0 Å². The molecule has 0 bridgehead atoms. The molecule has 31 heavy (non-hydrogen) atoms. The summed E-state index contributed by atoms with van der Waals surface area (Å²) in [7, 11) is -1.76. The van der Waals surface area contributed by atoms with E-state index in [0.717, 1.165) is 34.8 Å². The Hall–Kier alpha value is -2.61. The number of fused-ring (bicyclic) bond motifs is 4. The monoisotopic (exact) mass is 440 g/mol. The molecular formula is C24H28N2O4S. The lowest BCUT2D eigenvalue weighted by Gasteiger charge is -2.39. The number of benzene rings is 3. The van der Waals surface area contributed by atoms with Gasteiger partial charge in [0, 0.05) is 46.5 Å². The summed E-state index contributed by atoms with van der Waals surface area (Å²) in [6.45, 7) is 4.38. The minimum atomic E-state index is -3.62. The van der Waals surface area contributed by atoms with Crippen LogP contribution in [0.5, 0.6) is 0 Å². The fourth-order valence-electron chi connectivity index (χ4n) is 4.21. The normalized spacial score (nSPS) is 14.4. The molecule has 0 saturated carbocycles. The Morgan fingerprint density at radius 3 is 2.45 bits per heavy atom. The molecule has 0 radical (unpaired) electrons. The zero-order valence-corrected chi connectivity index (χ0v) is 19.1. The van der Waals surface area contributed by atoms with Crippen molar-refractivity contribution in [3.63, 3.8) is 0 Å². The second-order valence-corrected chi connectivity index (χ2v) is 9.95. The van der Waals surface area contributed by atoms with Gasteiger partial charge < -0.3 is 14.6 Å². The van der Waals surface area contributed by atoms with Crippen LogP contribution in [0.3, 0.4) is 0 Å². The summed E-state index contributed by atoms with van der Waals surface area (Å²) in [6.07, 6.45) is 1.02. The van der Waals surface area contributed by atoms with Crippen LogP contribution in [0.1, 0.15) is 13.8 Å². The van der Waals surface area contributed by atoms with Gasteiger partial charge in [0.25, 0.3) is 10.1 Å². The van der Waals surface area contributed by atoms with Gasteiger partial charge in [0.15, 0.2) is 0 Å². The van der Waals surface area contributed by atoms with Crippen LogP contribution in [0, 0.1) is 0 Å². The first kappa shape index (κ1) is 21.6. The molecule has 1 N–H and O–H groups in total. The summed E-state index contributed by atoms with van der Waals surface area (Å²) in [6, 6.07) is 18.8. The molecule has 0 amide bonds. The molecule has 6 nitrogen and oxygen atoms in total. The molecule has 4 rings (SSSR count). The maximum absolute atomic E-state index is 11.5. The highest BCUT2D eigenvalue weighted by atomic mass is 32.2. The van der Waals surface area contributed by atoms with Crippen molar-refractivity contribution in [3.05, 3.63) is 54.6 Å². The first-order valence-corrected chi connectivity index (χ1v) is 12.1. The van der Waals surface area contributed by atoms with Crippen molar-refractivity contribution >= 4 is 48.4 Å². The molecule has 0 fully saturated rings.